The van der Waals surface area contributed by atoms with E-state index in [0.717, 1.165) is 17.0 Å². The van der Waals surface area contributed by atoms with Crippen LogP contribution in [0.2, 0.25) is 0 Å². The van der Waals surface area contributed by atoms with Gasteiger partial charge in [-0.2, -0.15) is 0 Å². The molecule has 0 amide bonds. The molecule has 0 radical (unpaired) electrons. The first-order valence-corrected chi connectivity index (χ1v) is 6.11. The van der Waals surface area contributed by atoms with Crippen molar-refractivity contribution in [2.24, 2.45) is 0 Å². The van der Waals surface area contributed by atoms with Gasteiger partial charge in [-0.05, 0) is 24.6 Å². The van der Waals surface area contributed by atoms with Crippen molar-refractivity contribution in [3.8, 4) is 5.75 Å². The van der Waals surface area contributed by atoms with E-state index < -0.39 is 6.10 Å². The Hall–Kier alpha value is -1.87. The molecule has 1 heterocycles. The van der Waals surface area contributed by atoms with Crippen molar-refractivity contribution >= 4 is 0 Å². The third-order valence-electron chi connectivity index (χ3n) is 2.77. The van der Waals surface area contributed by atoms with Crippen LogP contribution in [0.15, 0.2) is 48.7 Å². The minimum absolute atomic E-state index is 0.411. The Morgan fingerprint density at radius 3 is 2.67 bits per heavy atom. The summed E-state index contributed by atoms with van der Waals surface area (Å²) < 4.78 is 5.72. The molecule has 2 rings (SSSR count). The Labute approximate surface area is 107 Å². The number of hydrogen-bond donors (Lipinski definition) is 1. The summed E-state index contributed by atoms with van der Waals surface area (Å²) in [5, 5.41) is 9.91. The van der Waals surface area contributed by atoms with Crippen molar-refractivity contribution in [2.75, 3.05) is 0 Å². The number of rotatable bonds is 5. The third-order valence-corrected chi connectivity index (χ3v) is 2.77. The van der Waals surface area contributed by atoms with Crippen LogP contribution in [-0.2, 0) is 6.61 Å². The maximum Gasteiger partial charge on any atom is 0.130 e. The van der Waals surface area contributed by atoms with Gasteiger partial charge in [-0.25, -0.2) is 0 Å². The van der Waals surface area contributed by atoms with Crippen LogP contribution in [0.4, 0.5) is 0 Å². The lowest BCUT2D eigenvalue weighted by molar-refractivity contribution is 0.166. The number of nitrogens with zero attached hydrogens (tertiary/aromatic N) is 1. The molecule has 0 unspecified atom stereocenters. The van der Waals surface area contributed by atoms with Gasteiger partial charge in [-0.15, -0.1) is 0 Å². The van der Waals surface area contributed by atoms with Crippen molar-refractivity contribution in [2.45, 2.75) is 26.1 Å². The second-order valence-electron chi connectivity index (χ2n) is 4.07. The Morgan fingerprint density at radius 1 is 1.17 bits per heavy atom. The van der Waals surface area contributed by atoms with Crippen LogP contribution in [0.25, 0.3) is 0 Å². The van der Waals surface area contributed by atoms with Crippen molar-refractivity contribution in [3.05, 3.63) is 59.9 Å². The monoisotopic (exact) mass is 243 g/mol. The van der Waals surface area contributed by atoms with Crippen LogP contribution in [0.1, 0.15) is 30.7 Å². The Kier molecular flexibility index (Phi) is 4.31. The van der Waals surface area contributed by atoms with Crippen molar-refractivity contribution < 1.29 is 9.84 Å². The minimum atomic E-state index is -0.482. The molecule has 0 spiro atoms. The van der Waals surface area contributed by atoms with Gasteiger partial charge in [0.05, 0.1) is 11.8 Å². The predicted molar refractivity (Wildman–Crippen MR) is 70.3 cm³/mol. The van der Waals surface area contributed by atoms with E-state index in [1.807, 2.05) is 49.4 Å². The van der Waals surface area contributed by atoms with E-state index in [9.17, 15) is 5.11 Å². The molecule has 0 aliphatic heterocycles. The summed E-state index contributed by atoms with van der Waals surface area (Å²) in [5.41, 5.74) is 1.70. The summed E-state index contributed by atoms with van der Waals surface area (Å²) in [6.45, 7) is 2.36. The highest BCUT2D eigenvalue weighted by atomic mass is 16.5. The number of aliphatic hydroxyl groups excluding tert-OH is 1. The van der Waals surface area contributed by atoms with Gasteiger partial charge in [0.1, 0.15) is 12.4 Å². The van der Waals surface area contributed by atoms with Gasteiger partial charge in [0.2, 0.25) is 0 Å². The number of pyridine rings is 1. The Balaban J connectivity index is 2.10. The summed E-state index contributed by atoms with van der Waals surface area (Å²) in [6.07, 6.45) is 1.93. The first-order valence-electron chi connectivity index (χ1n) is 6.11. The van der Waals surface area contributed by atoms with E-state index in [1.165, 1.54) is 0 Å². The zero-order valence-corrected chi connectivity index (χ0v) is 10.4. The molecule has 0 saturated heterocycles. The lowest BCUT2D eigenvalue weighted by Gasteiger charge is -2.14. The molecule has 0 aliphatic rings. The smallest absolute Gasteiger partial charge is 0.130 e. The van der Waals surface area contributed by atoms with E-state index in [0.29, 0.717) is 13.0 Å². The average Bonchev–Trinajstić information content (AvgIpc) is 2.45. The molecule has 0 fully saturated rings. The molecular formula is C15H17NO2. The zero-order valence-electron chi connectivity index (χ0n) is 10.4. The summed E-state index contributed by atoms with van der Waals surface area (Å²) in [6, 6.07) is 13.3. The summed E-state index contributed by atoms with van der Waals surface area (Å²) >= 11 is 0. The lowest BCUT2D eigenvalue weighted by atomic mass is 10.1. The van der Waals surface area contributed by atoms with E-state index in [1.54, 1.807) is 6.20 Å². The van der Waals surface area contributed by atoms with Gasteiger partial charge in [-0.3, -0.25) is 4.98 Å². The number of ether oxygens (including phenoxy) is 1. The van der Waals surface area contributed by atoms with Crippen LogP contribution in [0, 0.1) is 0 Å². The highest BCUT2D eigenvalue weighted by Crippen LogP contribution is 2.27. The molecule has 0 aliphatic carbocycles. The summed E-state index contributed by atoms with van der Waals surface area (Å²) in [7, 11) is 0. The fourth-order valence-electron chi connectivity index (χ4n) is 1.74. The standard InChI is InChI=1S/C15H17NO2/c1-2-14(17)13-8-3-4-9-15(13)18-11-12-7-5-6-10-16-12/h3-10,14,17H,2,11H2,1H3/t14-/m1/s1. The molecule has 0 bridgehead atoms. The lowest BCUT2D eigenvalue weighted by Crippen LogP contribution is -2.03. The van der Waals surface area contributed by atoms with Gasteiger partial charge in [-0.1, -0.05) is 31.2 Å². The molecule has 3 heteroatoms. The molecule has 0 saturated carbocycles. The third kappa shape index (κ3) is 3.08. The van der Waals surface area contributed by atoms with Crippen LogP contribution in [-0.4, -0.2) is 10.1 Å². The maximum absolute atomic E-state index is 9.91. The summed E-state index contributed by atoms with van der Waals surface area (Å²) in [5.74, 6) is 0.720. The molecule has 1 aromatic carbocycles. The Bertz CT molecular complexity index is 485. The van der Waals surface area contributed by atoms with Gasteiger partial charge >= 0.3 is 0 Å². The Morgan fingerprint density at radius 2 is 1.94 bits per heavy atom. The molecule has 94 valence electrons. The molecule has 1 N–H and O–H groups in total. The van der Waals surface area contributed by atoms with Crippen molar-refractivity contribution in [1.82, 2.24) is 4.98 Å². The van der Waals surface area contributed by atoms with Crippen molar-refractivity contribution in [3.63, 3.8) is 0 Å². The molecule has 2 aromatic rings. The maximum atomic E-state index is 9.91. The van der Waals surface area contributed by atoms with Gasteiger partial charge in [0, 0.05) is 11.8 Å². The van der Waals surface area contributed by atoms with E-state index in [-0.39, 0.29) is 0 Å². The molecule has 3 nitrogen and oxygen atoms in total. The molecule has 1 aromatic heterocycles. The first kappa shape index (κ1) is 12.6. The van der Waals surface area contributed by atoms with Gasteiger partial charge < -0.3 is 9.84 Å². The predicted octanol–water partition coefficient (Wildman–Crippen LogP) is 3.10. The second kappa shape index (κ2) is 6.17. The van der Waals surface area contributed by atoms with E-state index in [4.69, 9.17) is 4.74 Å². The number of aromatic nitrogens is 1. The zero-order chi connectivity index (χ0) is 12.8. The number of aliphatic hydroxyl groups is 1. The van der Waals surface area contributed by atoms with Gasteiger partial charge in [0.25, 0.3) is 0 Å². The van der Waals surface area contributed by atoms with Crippen LogP contribution < -0.4 is 4.74 Å². The van der Waals surface area contributed by atoms with Crippen LogP contribution in [0.3, 0.4) is 0 Å². The fraction of sp³-hybridized carbons (Fsp3) is 0.267. The molecular weight excluding hydrogens is 226 g/mol. The first-order chi connectivity index (χ1) is 8.81. The quantitative estimate of drug-likeness (QED) is 0.877. The molecule has 1 atom stereocenters. The number of benzene rings is 1. The molecule has 18 heavy (non-hydrogen) atoms. The van der Waals surface area contributed by atoms with Crippen LogP contribution in [0.5, 0.6) is 5.75 Å². The SMILES string of the molecule is CC[C@@H](O)c1ccccc1OCc1ccccn1. The average molecular weight is 243 g/mol. The fourth-order valence-corrected chi connectivity index (χ4v) is 1.74. The minimum Gasteiger partial charge on any atom is -0.487 e. The number of para-hydroxylation sites is 1. The largest absolute Gasteiger partial charge is 0.487 e. The van der Waals surface area contributed by atoms with Gasteiger partial charge in [0.15, 0.2) is 0 Å². The second-order valence-corrected chi connectivity index (χ2v) is 4.07. The van der Waals surface area contributed by atoms with Crippen molar-refractivity contribution in [1.29, 1.82) is 0 Å². The normalized spacial score (nSPS) is 12.1. The topological polar surface area (TPSA) is 42.4 Å². The van der Waals surface area contributed by atoms with E-state index >= 15 is 0 Å². The van der Waals surface area contributed by atoms with Crippen LogP contribution >= 0.6 is 0 Å². The highest BCUT2D eigenvalue weighted by molar-refractivity contribution is 5.35. The number of hydrogen-bond acceptors (Lipinski definition) is 3. The van der Waals surface area contributed by atoms with E-state index in [2.05, 4.69) is 4.98 Å². The summed E-state index contributed by atoms with van der Waals surface area (Å²) in [4.78, 5) is 4.20. The highest BCUT2D eigenvalue weighted by Gasteiger charge is 2.10.